The number of nitrogens with zero attached hydrogens (tertiary/aromatic N) is 3. The van der Waals surface area contributed by atoms with Crippen molar-refractivity contribution in [1.82, 2.24) is 14.8 Å². The van der Waals surface area contributed by atoms with Crippen molar-refractivity contribution in [3.05, 3.63) is 5.82 Å². The zero-order valence-corrected chi connectivity index (χ0v) is 12.2. The molecule has 0 amide bonds. The summed E-state index contributed by atoms with van der Waals surface area (Å²) in [5.41, 5.74) is 0. The lowest BCUT2D eigenvalue weighted by molar-refractivity contribution is 0.123. The first-order valence-electron chi connectivity index (χ1n) is 6.36. The molecule has 0 saturated carbocycles. The van der Waals surface area contributed by atoms with Crippen LogP contribution in [0, 0.1) is 5.92 Å². The minimum Gasteiger partial charge on any atom is -0.378 e. The monoisotopic (exact) mass is 288 g/mol. The molecule has 1 aliphatic rings. The second kappa shape index (κ2) is 5.18. The first kappa shape index (κ1) is 14.4. The minimum absolute atomic E-state index is 0.0803. The summed E-state index contributed by atoms with van der Waals surface area (Å²) in [7, 11) is -3.85. The molecule has 2 unspecified atom stereocenters. The van der Waals surface area contributed by atoms with E-state index >= 15 is 0 Å². The Hall–Kier alpha value is -0.990. The summed E-state index contributed by atoms with van der Waals surface area (Å²) in [5, 5.41) is 12.8. The molecule has 2 heterocycles. The Morgan fingerprint density at radius 1 is 1.47 bits per heavy atom. The molecular weight excluding hydrogens is 268 g/mol. The molecule has 1 aliphatic heterocycles. The van der Waals surface area contributed by atoms with Crippen molar-refractivity contribution in [3.63, 3.8) is 0 Å². The van der Waals surface area contributed by atoms with Gasteiger partial charge in [0.15, 0.2) is 0 Å². The van der Waals surface area contributed by atoms with Gasteiger partial charge in [-0.3, -0.25) is 0 Å². The second-order valence-electron chi connectivity index (χ2n) is 5.47. The molecule has 0 spiro atoms. The lowest BCUT2D eigenvalue weighted by atomic mass is 10.1. The fourth-order valence-electron chi connectivity index (χ4n) is 2.35. The van der Waals surface area contributed by atoms with Crippen LogP contribution in [0.25, 0.3) is 0 Å². The first-order chi connectivity index (χ1) is 8.79. The first-order valence-corrected chi connectivity index (χ1v) is 7.91. The third-order valence-corrected chi connectivity index (χ3v) is 3.92. The predicted molar refractivity (Wildman–Crippen MR) is 69.0 cm³/mol. The van der Waals surface area contributed by atoms with Crippen molar-refractivity contribution < 1.29 is 13.2 Å². The van der Waals surface area contributed by atoms with Gasteiger partial charge in [0.1, 0.15) is 5.82 Å². The summed E-state index contributed by atoms with van der Waals surface area (Å²) in [6, 6.07) is 0. The van der Waals surface area contributed by atoms with Gasteiger partial charge >= 0.3 is 0 Å². The van der Waals surface area contributed by atoms with Crippen LogP contribution in [0.1, 0.15) is 38.9 Å². The van der Waals surface area contributed by atoms with Gasteiger partial charge in [-0.15, -0.1) is 10.2 Å². The molecule has 1 fully saturated rings. The van der Waals surface area contributed by atoms with Crippen LogP contribution in [0.3, 0.4) is 0 Å². The van der Waals surface area contributed by atoms with Crippen LogP contribution in [0.2, 0.25) is 0 Å². The summed E-state index contributed by atoms with van der Waals surface area (Å²) < 4.78 is 30.2. The Morgan fingerprint density at radius 2 is 2.16 bits per heavy atom. The van der Waals surface area contributed by atoms with E-state index in [1.807, 2.05) is 20.8 Å². The minimum atomic E-state index is -3.85. The van der Waals surface area contributed by atoms with E-state index in [0.717, 1.165) is 6.42 Å². The highest BCUT2D eigenvalue weighted by molar-refractivity contribution is 7.89. The average Bonchev–Trinajstić information content (AvgIpc) is 2.82. The van der Waals surface area contributed by atoms with E-state index in [1.165, 1.54) is 0 Å². The molecule has 19 heavy (non-hydrogen) atoms. The average molecular weight is 288 g/mol. The van der Waals surface area contributed by atoms with Gasteiger partial charge in [0.2, 0.25) is 0 Å². The maximum atomic E-state index is 11.6. The highest BCUT2D eigenvalue weighted by Crippen LogP contribution is 2.29. The van der Waals surface area contributed by atoms with Gasteiger partial charge in [-0.25, -0.2) is 13.6 Å². The molecule has 108 valence electrons. The van der Waals surface area contributed by atoms with Crippen molar-refractivity contribution in [2.45, 2.75) is 50.9 Å². The van der Waals surface area contributed by atoms with Gasteiger partial charge in [-0.2, -0.15) is 0 Å². The smallest absolute Gasteiger partial charge is 0.273 e. The van der Waals surface area contributed by atoms with Crippen LogP contribution < -0.4 is 5.14 Å². The molecular formula is C11H20N4O3S. The molecule has 0 radical (unpaired) electrons. The molecule has 2 atom stereocenters. The quantitative estimate of drug-likeness (QED) is 0.868. The maximum Gasteiger partial charge on any atom is 0.273 e. The Labute approximate surface area is 113 Å². The summed E-state index contributed by atoms with van der Waals surface area (Å²) in [6.45, 7) is 7.07. The third-order valence-electron chi connectivity index (χ3n) is 3.11. The van der Waals surface area contributed by atoms with E-state index in [-0.39, 0.29) is 23.1 Å². The van der Waals surface area contributed by atoms with E-state index in [1.54, 1.807) is 4.57 Å². The lowest BCUT2D eigenvalue weighted by Crippen LogP contribution is -2.22. The largest absolute Gasteiger partial charge is 0.378 e. The van der Waals surface area contributed by atoms with Gasteiger partial charge in [-0.1, -0.05) is 13.8 Å². The molecule has 2 rings (SSSR count). The number of hydrogen-bond acceptors (Lipinski definition) is 5. The van der Waals surface area contributed by atoms with Crippen molar-refractivity contribution in [3.8, 4) is 0 Å². The summed E-state index contributed by atoms with van der Waals surface area (Å²) >= 11 is 0. The van der Waals surface area contributed by atoms with Gasteiger partial charge in [0.25, 0.3) is 15.2 Å². The standard InChI is InChI=1S/C11H20N4O3S/c1-7(2)5-15-10(9-4-8(3)18-6-9)13-14-11(15)19(12,16)17/h7-9H,4-6H2,1-3H3,(H2,12,16,17). The summed E-state index contributed by atoms with van der Waals surface area (Å²) in [6.07, 6.45) is 0.980. The van der Waals surface area contributed by atoms with Gasteiger partial charge < -0.3 is 9.30 Å². The van der Waals surface area contributed by atoms with Crippen LogP contribution in [-0.2, 0) is 21.3 Å². The maximum absolute atomic E-state index is 11.6. The van der Waals surface area contributed by atoms with Gasteiger partial charge in [0.05, 0.1) is 12.7 Å². The highest BCUT2D eigenvalue weighted by Gasteiger charge is 2.31. The zero-order chi connectivity index (χ0) is 14.2. The van der Waals surface area contributed by atoms with Crippen LogP contribution >= 0.6 is 0 Å². The molecule has 1 aromatic heterocycles. The van der Waals surface area contributed by atoms with Gasteiger partial charge in [0, 0.05) is 12.5 Å². The number of nitrogens with two attached hydrogens (primary N) is 1. The third kappa shape index (κ3) is 3.13. The van der Waals surface area contributed by atoms with E-state index in [0.29, 0.717) is 19.0 Å². The molecule has 8 heteroatoms. The molecule has 7 nitrogen and oxygen atoms in total. The lowest BCUT2D eigenvalue weighted by Gasteiger charge is -2.14. The predicted octanol–water partition coefficient (Wildman–Crippen LogP) is 0.474. The molecule has 0 bridgehead atoms. The fourth-order valence-corrected chi connectivity index (χ4v) is 2.98. The molecule has 0 aromatic carbocycles. The summed E-state index contributed by atoms with van der Waals surface area (Å²) in [4.78, 5) is 0. The van der Waals surface area contributed by atoms with Crippen molar-refractivity contribution >= 4 is 10.0 Å². The van der Waals surface area contributed by atoms with E-state index in [2.05, 4.69) is 10.2 Å². The Balaban J connectivity index is 2.41. The molecule has 0 aliphatic carbocycles. The zero-order valence-electron chi connectivity index (χ0n) is 11.4. The van der Waals surface area contributed by atoms with E-state index in [4.69, 9.17) is 9.88 Å². The van der Waals surface area contributed by atoms with Crippen molar-refractivity contribution in [2.24, 2.45) is 11.1 Å². The molecule has 2 N–H and O–H groups in total. The van der Waals surface area contributed by atoms with Crippen LogP contribution in [0.4, 0.5) is 0 Å². The number of rotatable bonds is 4. The van der Waals surface area contributed by atoms with Gasteiger partial charge in [-0.05, 0) is 19.3 Å². The fraction of sp³-hybridized carbons (Fsp3) is 0.818. The van der Waals surface area contributed by atoms with E-state index in [9.17, 15) is 8.42 Å². The van der Waals surface area contributed by atoms with Crippen LogP contribution in [-0.4, -0.2) is 35.9 Å². The van der Waals surface area contributed by atoms with Crippen molar-refractivity contribution in [1.29, 1.82) is 0 Å². The second-order valence-corrected chi connectivity index (χ2v) is 6.92. The van der Waals surface area contributed by atoms with Crippen LogP contribution in [0.15, 0.2) is 5.16 Å². The number of sulfonamides is 1. The number of hydrogen-bond donors (Lipinski definition) is 1. The Kier molecular flexibility index (Phi) is 3.93. The molecule has 1 aromatic rings. The van der Waals surface area contributed by atoms with Crippen molar-refractivity contribution in [2.75, 3.05) is 6.61 Å². The topological polar surface area (TPSA) is 100 Å². The number of primary sulfonamides is 1. The SMILES string of the molecule is CC(C)Cn1c(C2COC(C)C2)nnc1S(N)(=O)=O. The molecule has 1 saturated heterocycles. The highest BCUT2D eigenvalue weighted by atomic mass is 32.2. The Morgan fingerprint density at radius 3 is 2.63 bits per heavy atom. The summed E-state index contributed by atoms with van der Waals surface area (Å²) in [5.74, 6) is 1.01. The van der Waals surface area contributed by atoms with Crippen LogP contribution in [0.5, 0.6) is 0 Å². The number of aromatic nitrogens is 3. The van der Waals surface area contributed by atoms with E-state index < -0.39 is 10.0 Å². The Bertz CT molecular complexity index is 552. The normalized spacial score (nSPS) is 24.3. The number of ether oxygens (including phenoxy) is 1.